The van der Waals surface area contributed by atoms with Gasteiger partial charge in [0.15, 0.2) is 0 Å². The summed E-state index contributed by atoms with van der Waals surface area (Å²) in [6, 6.07) is 6.07. The quantitative estimate of drug-likeness (QED) is 0.879. The Morgan fingerprint density at radius 3 is 3.06 bits per heavy atom. The predicted molar refractivity (Wildman–Crippen MR) is 66.3 cm³/mol. The van der Waals surface area contributed by atoms with Gasteiger partial charge in [0, 0.05) is 28.0 Å². The maximum absolute atomic E-state index is 11.1. The topological polar surface area (TPSA) is 42.1 Å². The van der Waals surface area contributed by atoms with Gasteiger partial charge in [-0.15, -0.1) is 0 Å². The van der Waals surface area contributed by atoms with Gasteiger partial charge in [-0.3, -0.25) is 4.79 Å². The minimum absolute atomic E-state index is 0.175. The third-order valence-corrected chi connectivity index (χ3v) is 3.05. The maximum atomic E-state index is 11.1. The average molecular weight is 282 g/mol. The van der Waals surface area contributed by atoms with E-state index in [0.29, 0.717) is 12.8 Å². The zero-order chi connectivity index (χ0) is 11.5. The molecule has 2 rings (SSSR count). The van der Waals surface area contributed by atoms with Crippen molar-refractivity contribution in [1.82, 2.24) is 4.98 Å². The van der Waals surface area contributed by atoms with E-state index in [-0.39, 0.29) is 5.97 Å². The molecule has 0 saturated carbocycles. The number of hydrogen-bond donors (Lipinski definition) is 1. The number of fused-ring (bicyclic) bond motifs is 1. The zero-order valence-electron chi connectivity index (χ0n) is 8.92. The summed E-state index contributed by atoms with van der Waals surface area (Å²) in [7, 11) is 1.41. The highest BCUT2D eigenvalue weighted by molar-refractivity contribution is 9.10. The molecule has 4 heteroatoms. The van der Waals surface area contributed by atoms with Crippen LogP contribution in [0, 0.1) is 0 Å². The lowest BCUT2D eigenvalue weighted by Gasteiger charge is -1.99. The van der Waals surface area contributed by atoms with Crippen LogP contribution in [0.5, 0.6) is 0 Å². The lowest BCUT2D eigenvalue weighted by atomic mass is 10.1. The molecule has 16 heavy (non-hydrogen) atoms. The monoisotopic (exact) mass is 281 g/mol. The molecule has 84 valence electrons. The molecule has 0 aliphatic carbocycles. The van der Waals surface area contributed by atoms with E-state index >= 15 is 0 Å². The molecule has 0 aliphatic rings. The molecule has 0 spiro atoms. The van der Waals surface area contributed by atoms with E-state index in [2.05, 4.69) is 25.7 Å². The molecule has 1 aromatic carbocycles. The van der Waals surface area contributed by atoms with Crippen LogP contribution in [0.15, 0.2) is 28.9 Å². The highest BCUT2D eigenvalue weighted by Gasteiger charge is 2.06. The van der Waals surface area contributed by atoms with Gasteiger partial charge in [-0.2, -0.15) is 0 Å². The number of aromatic amines is 1. The third kappa shape index (κ3) is 2.27. The van der Waals surface area contributed by atoms with Crippen molar-refractivity contribution in [3.05, 3.63) is 34.4 Å². The molecule has 2 aromatic rings. The molecule has 0 saturated heterocycles. The second-order valence-electron chi connectivity index (χ2n) is 3.58. The minimum Gasteiger partial charge on any atom is -0.469 e. The van der Waals surface area contributed by atoms with Gasteiger partial charge in [-0.25, -0.2) is 0 Å². The van der Waals surface area contributed by atoms with E-state index in [9.17, 15) is 4.79 Å². The minimum atomic E-state index is -0.175. The molecule has 0 amide bonds. The first-order valence-corrected chi connectivity index (χ1v) is 5.82. The van der Waals surface area contributed by atoms with Gasteiger partial charge in [0.05, 0.1) is 7.11 Å². The lowest BCUT2D eigenvalue weighted by Crippen LogP contribution is -2.01. The summed E-state index contributed by atoms with van der Waals surface area (Å²) in [5.41, 5.74) is 2.22. The van der Waals surface area contributed by atoms with E-state index in [1.807, 2.05) is 24.4 Å². The number of esters is 1. The number of rotatable bonds is 3. The predicted octanol–water partition coefficient (Wildman–Crippen LogP) is 3.04. The summed E-state index contributed by atoms with van der Waals surface area (Å²) in [6.45, 7) is 0. The molecule has 0 aliphatic heterocycles. The van der Waals surface area contributed by atoms with Crippen molar-refractivity contribution in [3.8, 4) is 0 Å². The van der Waals surface area contributed by atoms with Gasteiger partial charge in [-0.05, 0) is 24.1 Å². The third-order valence-electron chi connectivity index (χ3n) is 2.56. The number of hydrogen-bond acceptors (Lipinski definition) is 2. The second kappa shape index (κ2) is 4.70. The number of ether oxygens (including phenoxy) is 1. The maximum Gasteiger partial charge on any atom is 0.305 e. The number of carbonyl (C=O) groups is 1. The highest BCUT2D eigenvalue weighted by atomic mass is 79.9. The van der Waals surface area contributed by atoms with Crippen molar-refractivity contribution < 1.29 is 9.53 Å². The summed E-state index contributed by atoms with van der Waals surface area (Å²) in [5, 5.41) is 1.16. The zero-order valence-corrected chi connectivity index (χ0v) is 10.5. The van der Waals surface area contributed by atoms with Crippen LogP contribution in [0.1, 0.15) is 12.0 Å². The van der Waals surface area contributed by atoms with Crippen LogP contribution < -0.4 is 0 Å². The van der Waals surface area contributed by atoms with Crippen molar-refractivity contribution in [3.63, 3.8) is 0 Å². The molecule has 1 aromatic heterocycles. The molecular formula is C12H12BrNO2. The first-order chi connectivity index (χ1) is 7.70. The molecule has 0 fully saturated rings. The number of H-pyrrole nitrogens is 1. The van der Waals surface area contributed by atoms with Gasteiger partial charge in [-0.1, -0.05) is 22.0 Å². The Bertz CT molecular complexity index is 519. The van der Waals surface area contributed by atoms with Crippen molar-refractivity contribution in [2.75, 3.05) is 7.11 Å². The van der Waals surface area contributed by atoms with Crippen LogP contribution in [-0.4, -0.2) is 18.1 Å². The largest absolute Gasteiger partial charge is 0.469 e. The van der Waals surface area contributed by atoms with Crippen molar-refractivity contribution in [1.29, 1.82) is 0 Å². The number of carbonyl (C=O) groups excluding carboxylic acids is 1. The normalized spacial score (nSPS) is 10.6. The highest BCUT2D eigenvalue weighted by Crippen LogP contribution is 2.23. The Labute approximate surface area is 102 Å². The molecule has 1 heterocycles. The summed E-state index contributed by atoms with van der Waals surface area (Å²) in [6.07, 6.45) is 3.06. The van der Waals surface area contributed by atoms with Crippen LogP contribution in [0.25, 0.3) is 10.9 Å². The number of methoxy groups -OCH3 is 1. The Morgan fingerprint density at radius 1 is 1.50 bits per heavy atom. The Balaban J connectivity index is 2.22. The Morgan fingerprint density at radius 2 is 2.31 bits per heavy atom. The fourth-order valence-corrected chi connectivity index (χ4v) is 2.07. The van der Waals surface area contributed by atoms with Crippen molar-refractivity contribution in [2.24, 2.45) is 0 Å². The van der Waals surface area contributed by atoms with E-state index in [0.717, 1.165) is 20.9 Å². The number of halogens is 1. The van der Waals surface area contributed by atoms with Gasteiger partial charge >= 0.3 is 5.97 Å². The SMILES string of the molecule is COC(=O)CCc1c[nH]c2cc(Br)ccc12. The van der Waals surface area contributed by atoms with Gasteiger partial charge in [0.2, 0.25) is 0 Å². The fraction of sp³-hybridized carbons (Fsp3) is 0.250. The van der Waals surface area contributed by atoms with E-state index in [4.69, 9.17) is 0 Å². The summed E-state index contributed by atoms with van der Waals surface area (Å²) < 4.78 is 5.67. The molecule has 0 unspecified atom stereocenters. The first-order valence-electron chi connectivity index (χ1n) is 5.03. The van der Waals surface area contributed by atoms with Crippen molar-refractivity contribution >= 4 is 32.8 Å². The fourth-order valence-electron chi connectivity index (χ4n) is 1.70. The summed E-state index contributed by atoms with van der Waals surface area (Å²) in [4.78, 5) is 14.2. The molecule has 3 nitrogen and oxygen atoms in total. The van der Waals surface area contributed by atoms with Crippen LogP contribution in [0.2, 0.25) is 0 Å². The molecule has 0 atom stereocenters. The Kier molecular flexibility index (Phi) is 3.29. The molecule has 1 N–H and O–H groups in total. The number of aromatic nitrogens is 1. The first kappa shape index (κ1) is 11.2. The van der Waals surface area contributed by atoms with E-state index < -0.39 is 0 Å². The molecule has 0 radical (unpaired) electrons. The van der Waals surface area contributed by atoms with Gasteiger partial charge < -0.3 is 9.72 Å². The second-order valence-corrected chi connectivity index (χ2v) is 4.50. The lowest BCUT2D eigenvalue weighted by molar-refractivity contribution is -0.140. The molecular weight excluding hydrogens is 270 g/mol. The number of nitrogens with one attached hydrogen (secondary N) is 1. The Hall–Kier alpha value is -1.29. The summed E-state index contributed by atoms with van der Waals surface area (Å²) >= 11 is 3.42. The summed E-state index contributed by atoms with van der Waals surface area (Å²) in [5.74, 6) is -0.175. The van der Waals surface area contributed by atoms with Crippen LogP contribution >= 0.6 is 15.9 Å². The van der Waals surface area contributed by atoms with E-state index in [1.54, 1.807) is 0 Å². The number of benzene rings is 1. The smallest absolute Gasteiger partial charge is 0.305 e. The standard InChI is InChI=1S/C12H12BrNO2/c1-16-12(15)5-2-8-7-14-11-6-9(13)3-4-10(8)11/h3-4,6-7,14H,2,5H2,1H3. The van der Waals surface area contributed by atoms with Crippen LogP contribution in [0.4, 0.5) is 0 Å². The van der Waals surface area contributed by atoms with E-state index in [1.165, 1.54) is 7.11 Å². The molecule has 0 bridgehead atoms. The van der Waals surface area contributed by atoms with Crippen LogP contribution in [-0.2, 0) is 16.0 Å². The van der Waals surface area contributed by atoms with Gasteiger partial charge in [0.1, 0.15) is 0 Å². The van der Waals surface area contributed by atoms with Gasteiger partial charge in [0.25, 0.3) is 0 Å². The van der Waals surface area contributed by atoms with Crippen LogP contribution in [0.3, 0.4) is 0 Å². The average Bonchev–Trinajstić information content (AvgIpc) is 2.68. The van der Waals surface area contributed by atoms with Crippen molar-refractivity contribution in [2.45, 2.75) is 12.8 Å². The number of aryl methyl sites for hydroxylation is 1.